The first-order valence-electron chi connectivity index (χ1n) is 5.74. The van der Waals surface area contributed by atoms with E-state index in [-0.39, 0.29) is 11.0 Å². The molecule has 0 saturated carbocycles. The molecule has 0 aliphatic heterocycles. The summed E-state index contributed by atoms with van der Waals surface area (Å²) in [4.78, 5) is 26.6. The minimum Gasteiger partial charge on any atom is -0.364 e. The van der Waals surface area contributed by atoms with E-state index in [1.54, 1.807) is 25.1 Å². The van der Waals surface area contributed by atoms with E-state index in [2.05, 4.69) is 10.3 Å². The quantitative estimate of drug-likeness (QED) is 0.886. The maximum Gasteiger partial charge on any atom is 0.261 e. The molecule has 1 heterocycles. The van der Waals surface area contributed by atoms with Crippen molar-refractivity contribution >= 4 is 23.2 Å². The number of rotatable bonds is 2. The van der Waals surface area contributed by atoms with Crippen molar-refractivity contribution in [3.05, 3.63) is 62.5 Å². The Morgan fingerprint density at radius 3 is 2.68 bits per heavy atom. The van der Waals surface area contributed by atoms with Gasteiger partial charge in [0.25, 0.3) is 5.91 Å². The van der Waals surface area contributed by atoms with Gasteiger partial charge in [0.05, 0.1) is 0 Å². The molecule has 0 radical (unpaired) electrons. The molecule has 0 spiro atoms. The van der Waals surface area contributed by atoms with E-state index < -0.39 is 5.91 Å². The highest BCUT2D eigenvalue weighted by atomic mass is 35.5. The van der Waals surface area contributed by atoms with Crippen molar-refractivity contribution in [1.29, 1.82) is 0 Å². The highest BCUT2D eigenvalue weighted by Crippen LogP contribution is 2.20. The lowest BCUT2D eigenvalue weighted by Gasteiger charge is -2.08. The van der Waals surface area contributed by atoms with Crippen molar-refractivity contribution in [2.45, 2.75) is 13.8 Å². The lowest BCUT2D eigenvalue weighted by Crippen LogP contribution is -2.21. The Balaban J connectivity index is 2.31. The summed E-state index contributed by atoms with van der Waals surface area (Å²) in [7, 11) is 0. The van der Waals surface area contributed by atoms with Gasteiger partial charge in [-0.2, -0.15) is 0 Å². The van der Waals surface area contributed by atoms with Crippen LogP contribution in [0, 0.1) is 13.8 Å². The zero-order valence-electron chi connectivity index (χ0n) is 10.6. The maximum absolute atomic E-state index is 12.0. The third-order valence-corrected chi connectivity index (χ3v) is 2.98. The molecule has 4 nitrogen and oxygen atoms in total. The third kappa shape index (κ3) is 3.03. The zero-order chi connectivity index (χ0) is 14.0. The molecule has 0 aliphatic carbocycles. The molecule has 0 saturated heterocycles. The van der Waals surface area contributed by atoms with Gasteiger partial charge in [0.15, 0.2) is 5.43 Å². The summed E-state index contributed by atoms with van der Waals surface area (Å²) in [5.41, 5.74) is 1.94. The van der Waals surface area contributed by atoms with Gasteiger partial charge in [0, 0.05) is 28.7 Å². The lowest BCUT2D eigenvalue weighted by atomic mass is 10.2. The van der Waals surface area contributed by atoms with E-state index in [0.717, 1.165) is 5.56 Å². The Hall–Kier alpha value is -2.07. The van der Waals surface area contributed by atoms with Crippen molar-refractivity contribution in [1.82, 2.24) is 4.98 Å². The van der Waals surface area contributed by atoms with Gasteiger partial charge in [0.2, 0.25) is 0 Å². The Morgan fingerprint density at radius 1 is 1.26 bits per heavy atom. The number of benzene rings is 1. The monoisotopic (exact) mass is 276 g/mol. The number of aromatic nitrogens is 1. The summed E-state index contributed by atoms with van der Waals surface area (Å²) in [6.45, 7) is 3.61. The van der Waals surface area contributed by atoms with Crippen molar-refractivity contribution in [2.24, 2.45) is 0 Å². The van der Waals surface area contributed by atoms with Gasteiger partial charge in [-0.05, 0) is 31.5 Å². The Kier molecular flexibility index (Phi) is 3.71. The minimum absolute atomic E-state index is 0.0741. The van der Waals surface area contributed by atoms with Gasteiger partial charge in [-0.3, -0.25) is 9.59 Å². The fraction of sp³-hybridized carbons (Fsp3) is 0.143. The molecular weight excluding hydrogens is 264 g/mol. The van der Waals surface area contributed by atoms with Gasteiger partial charge >= 0.3 is 0 Å². The molecule has 2 aromatic rings. The van der Waals surface area contributed by atoms with Gasteiger partial charge in [0.1, 0.15) is 5.56 Å². The van der Waals surface area contributed by atoms with Crippen LogP contribution in [0.25, 0.3) is 0 Å². The number of hydrogen-bond acceptors (Lipinski definition) is 2. The fourth-order valence-electron chi connectivity index (χ4n) is 1.67. The number of carbonyl (C=O) groups excluding carboxylic acids is 1. The van der Waals surface area contributed by atoms with E-state index in [1.807, 2.05) is 6.92 Å². The number of aryl methyl sites for hydroxylation is 2. The summed E-state index contributed by atoms with van der Waals surface area (Å²) in [5, 5.41) is 3.21. The number of H-pyrrole nitrogens is 1. The van der Waals surface area contributed by atoms with Crippen molar-refractivity contribution in [3.63, 3.8) is 0 Å². The van der Waals surface area contributed by atoms with Gasteiger partial charge < -0.3 is 10.3 Å². The summed E-state index contributed by atoms with van der Waals surface area (Å²) in [6, 6.07) is 6.58. The SMILES string of the molecule is Cc1cc(=O)c(C(=O)Nc2cc(Cl)ccc2C)c[nH]1. The Bertz CT molecular complexity index is 692. The van der Waals surface area contributed by atoms with Crippen LogP contribution in [0.1, 0.15) is 21.6 Å². The lowest BCUT2D eigenvalue weighted by molar-refractivity contribution is 0.102. The average molecular weight is 277 g/mol. The summed E-state index contributed by atoms with van der Waals surface area (Å²) in [6.07, 6.45) is 1.41. The molecule has 0 unspecified atom stereocenters. The number of nitrogens with one attached hydrogen (secondary N) is 2. The van der Waals surface area contributed by atoms with Gasteiger partial charge in [-0.1, -0.05) is 17.7 Å². The molecule has 0 bridgehead atoms. The molecular formula is C14H13ClN2O2. The molecule has 2 N–H and O–H groups in total. The molecule has 5 heteroatoms. The van der Waals surface area contributed by atoms with Crippen LogP contribution in [0.4, 0.5) is 5.69 Å². The molecule has 0 aliphatic rings. The van der Waals surface area contributed by atoms with Gasteiger partial charge in [-0.15, -0.1) is 0 Å². The molecule has 1 amide bonds. The second-order valence-electron chi connectivity index (χ2n) is 4.31. The van der Waals surface area contributed by atoms with Crippen LogP contribution in [-0.2, 0) is 0 Å². The first-order chi connectivity index (χ1) is 8.97. The molecule has 1 aromatic heterocycles. The maximum atomic E-state index is 12.0. The molecule has 2 rings (SSSR count). The predicted molar refractivity (Wildman–Crippen MR) is 75.9 cm³/mol. The van der Waals surface area contributed by atoms with Gasteiger partial charge in [-0.25, -0.2) is 0 Å². The highest BCUT2D eigenvalue weighted by Gasteiger charge is 2.11. The number of carbonyl (C=O) groups is 1. The molecule has 1 aromatic carbocycles. The third-order valence-electron chi connectivity index (χ3n) is 2.75. The van der Waals surface area contributed by atoms with E-state index in [0.29, 0.717) is 16.4 Å². The summed E-state index contributed by atoms with van der Waals surface area (Å²) in [5.74, 6) is -0.452. The predicted octanol–water partition coefficient (Wildman–Crippen LogP) is 2.90. The summed E-state index contributed by atoms with van der Waals surface area (Å²) >= 11 is 5.88. The first kappa shape index (κ1) is 13.4. The number of aromatic amines is 1. The van der Waals surface area contributed by atoms with Crippen LogP contribution in [0.2, 0.25) is 5.02 Å². The number of amides is 1. The van der Waals surface area contributed by atoms with Crippen LogP contribution in [-0.4, -0.2) is 10.9 Å². The number of halogens is 1. The van der Waals surface area contributed by atoms with Crippen LogP contribution < -0.4 is 10.7 Å². The van der Waals surface area contributed by atoms with E-state index >= 15 is 0 Å². The van der Waals surface area contributed by atoms with Crippen molar-refractivity contribution in [2.75, 3.05) is 5.32 Å². The highest BCUT2D eigenvalue weighted by molar-refractivity contribution is 6.31. The largest absolute Gasteiger partial charge is 0.364 e. The molecule has 98 valence electrons. The van der Waals surface area contributed by atoms with Crippen LogP contribution in [0.15, 0.2) is 35.3 Å². The number of pyridine rings is 1. The first-order valence-corrected chi connectivity index (χ1v) is 6.12. The second-order valence-corrected chi connectivity index (χ2v) is 4.74. The molecule has 0 atom stereocenters. The number of anilines is 1. The Labute approximate surface area is 115 Å². The van der Waals surface area contributed by atoms with Crippen molar-refractivity contribution < 1.29 is 4.79 Å². The summed E-state index contributed by atoms with van der Waals surface area (Å²) < 4.78 is 0. The fourth-order valence-corrected chi connectivity index (χ4v) is 1.84. The normalized spacial score (nSPS) is 10.3. The molecule has 19 heavy (non-hydrogen) atoms. The van der Waals surface area contributed by atoms with E-state index in [1.165, 1.54) is 12.3 Å². The topological polar surface area (TPSA) is 62.0 Å². The minimum atomic E-state index is -0.452. The van der Waals surface area contributed by atoms with Crippen LogP contribution >= 0.6 is 11.6 Å². The van der Waals surface area contributed by atoms with Crippen LogP contribution in [0.5, 0.6) is 0 Å². The average Bonchev–Trinajstić information content (AvgIpc) is 2.33. The number of hydrogen-bond donors (Lipinski definition) is 2. The Morgan fingerprint density at radius 2 is 2.00 bits per heavy atom. The van der Waals surface area contributed by atoms with Crippen molar-refractivity contribution in [3.8, 4) is 0 Å². The van der Waals surface area contributed by atoms with E-state index in [9.17, 15) is 9.59 Å². The van der Waals surface area contributed by atoms with Crippen LogP contribution in [0.3, 0.4) is 0 Å². The van der Waals surface area contributed by atoms with E-state index in [4.69, 9.17) is 11.6 Å². The second kappa shape index (κ2) is 5.28. The zero-order valence-corrected chi connectivity index (χ0v) is 11.3. The smallest absolute Gasteiger partial charge is 0.261 e. The standard InChI is InChI=1S/C14H13ClN2O2/c1-8-3-4-10(15)6-12(8)17-14(19)11-7-16-9(2)5-13(11)18/h3-7H,1-2H3,(H,16,18)(H,17,19). The molecule has 0 fully saturated rings.